The molecule has 0 aliphatic heterocycles. The lowest BCUT2D eigenvalue weighted by atomic mass is 10.3. The van der Waals surface area contributed by atoms with E-state index >= 15 is 0 Å². The van der Waals surface area contributed by atoms with E-state index in [4.69, 9.17) is 9.15 Å². The summed E-state index contributed by atoms with van der Waals surface area (Å²) in [4.78, 5) is 0.163. The maximum Gasteiger partial charge on any atom is 0.230 e. The molecule has 0 N–H and O–H groups in total. The highest BCUT2D eigenvalue weighted by molar-refractivity contribution is 9.09. The molecule has 1 atom stereocenters. The van der Waals surface area contributed by atoms with E-state index in [1.807, 2.05) is 0 Å². The van der Waals surface area contributed by atoms with Crippen LogP contribution < -0.4 is 0 Å². The second-order valence-electron chi connectivity index (χ2n) is 2.65. The van der Waals surface area contributed by atoms with Gasteiger partial charge in [0.05, 0.1) is 11.4 Å². The number of methoxy groups -OCH3 is 1. The quantitative estimate of drug-likeness (QED) is 0.750. The molecule has 1 unspecified atom stereocenters. The van der Waals surface area contributed by atoms with Crippen molar-refractivity contribution < 1.29 is 9.15 Å². The van der Waals surface area contributed by atoms with Crippen LogP contribution in [0.4, 0.5) is 0 Å². The SMILES string of the molecule is CCC(Br)c1nnc(CCOC)o1. The first-order chi connectivity index (χ1) is 6.27. The zero-order chi connectivity index (χ0) is 9.68. The van der Waals surface area contributed by atoms with Crippen LogP contribution in [-0.4, -0.2) is 23.9 Å². The Balaban J connectivity index is 2.53. The van der Waals surface area contributed by atoms with Gasteiger partial charge in [0.1, 0.15) is 0 Å². The molecule has 0 aliphatic rings. The first kappa shape index (κ1) is 10.7. The Morgan fingerprint density at radius 2 is 2.31 bits per heavy atom. The number of halogens is 1. The summed E-state index contributed by atoms with van der Waals surface area (Å²) in [7, 11) is 1.65. The van der Waals surface area contributed by atoms with Crippen LogP contribution in [0.1, 0.15) is 30.0 Å². The summed E-state index contributed by atoms with van der Waals surface area (Å²) in [5, 5.41) is 7.82. The van der Waals surface area contributed by atoms with Crippen LogP contribution in [0.2, 0.25) is 0 Å². The van der Waals surface area contributed by atoms with Crippen molar-refractivity contribution >= 4 is 15.9 Å². The molecule has 0 saturated carbocycles. The van der Waals surface area contributed by atoms with Crippen molar-refractivity contribution in [3.63, 3.8) is 0 Å². The van der Waals surface area contributed by atoms with E-state index in [1.165, 1.54) is 0 Å². The van der Waals surface area contributed by atoms with Gasteiger partial charge in [-0.3, -0.25) is 0 Å². The highest BCUT2D eigenvalue weighted by Gasteiger charge is 2.12. The standard InChI is InChI=1S/C8H13BrN2O2/c1-3-6(9)8-11-10-7(13-8)4-5-12-2/h6H,3-5H2,1-2H3. The third kappa shape index (κ3) is 3.08. The first-order valence-electron chi connectivity index (χ1n) is 4.23. The Bertz CT molecular complexity index is 252. The third-order valence-corrected chi connectivity index (χ3v) is 2.67. The van der Waals surface area contributed by atoms with Gasteiger partial charge in [-0.25, -0.2) is 0 Å². The van der Waals surface area contributed by atoms with E-state index in [9.17, 15) is 0 Å². The zero-order valence-electron chi connectivity index (χ0n) is 7.79. The molecule has 0 spiro atoms. The average molecular weight is 249 g/mol. The lowest BCUT2D eigenvalue weighted by Gasteiger charge is -1.97. The van der Waals surface area contributed by atoms with Gasteiger partial charge in [0, 0.05) is 13.5 Å². The van der Waals surface area contributed by atoms with Crippen LogP contribution in [0.25, 0.3) is 0 Å². The Hall–Kier alpha value is -0.420. The van der Waals surface area contributed by atoms with Gasteiger partial charge in [-0.15, -0.1) is 10.2 Å². The molecule has 5 heteroatoms. The molecule has 1 aromatic rings. The summed E-state index contributed by atoms with van der Waals surface area (Å²) in [5.41, 5.74) is 0. The minimum Gasteiger partial charge on any atom is -0.424 e. The van der Waals surface area contributed by atoms with E-state index in [0.29, 0.717) is 24.8 Å². The van der Waals surface area contributed by atoms with Gasteiger partial charge >= 0.3 is 0 Å². The van der Waals surface area contributed by atoms with Crippen molar-refractivity contribution in [1.82, 2.24) is 10.2 Å². The Morgan fingerprint density at radius 1 is 1.54 bits per heavy atom. The molecule has 0 aliphatic carbocycles. The van der Waals surface area contributed by atoms with Crippen molar-refractivity contribution in [2.75, 3.05) is 13.7 Å². The molecule has 0 amide bonds. The van der Waals surface area contributed by atoms with Crippen molar-refractivity contribution in [2.24, 2.45) is 0 Å². The molecule has 0 saturated heterocycles. The van der Waals surface area contributed by atoms with Crippen molar-refractivity contribution in [3.05, 3.63) is 11.8 Å². The van der Waals surface area contributed by atoms with Gasteiger partial charge in [-0.1, -0.05) is 22.9 Å². The molecule has 4 nitrogen and oxygen atoms in total. The number of nitrogens with zero attached hydrogens (tertiary/aromatic N) is 2. The fourth-order valence-electron chi connectivity index (χ4n) is 0.858. The highest BCUT2D eigenvalue weighted by Crippen LogP contribution is 2.24. The normalized spacial score (nSPS) is 13.2. The van der Waals surface area contributed by atoms with Crippen LogP contribution >= 0.6 is 15.9 Å². The number of ether oxygens (including phenoxy) is 1. The molecule has 0 aromatic carbocycles. The fraction of sp³-hybridized carbons (Fsp3) is 0.750. The molecular weight excluding hydrogens is 236 g/mol. The molecule has 1 heterocycles. The van der Waals surface area contributed by atoms with Gasteiger partial charge in [-0.05, 0) is 6.42 Å². The topological polar surface area (TPSA) is 48.2 Å². The smallest absolute Gasteiger partial charge is 0.230 e. The van der Waals surface area contributed by atoms with Gasteiger partial charge in [-0.2, -0.15) is 0 Å². The molecule has 0 radical (unpaired) electrons. The van der Waals surface area contributed by atoms with Crippen molar-refractivity contribution in [2.45, 2.75) is 24.6 Å². The van der Waals surface area contributed by atoms with Crippen LogP contribution in [0, 0.1) is 0 Å². The molecule has 74 valence electrons. The highest BCUT2D eigenvalue weighted by atomic mass is 79.9. The van der Waals surface area contributed by atoms with Crippen LogP contribution in [-0.2, 0) is 11.2 Å². The molecular formula is C8H13BrN2O2. The average Bonchev–Trinajstić information content (AvgIpc) is 2.62. The van der Waals surface area contributed by atoms with Crippen LogP contribution in [0.3, 0.4) is 0 Å². The maximum atomic E-state index is 5.39. The fourth-order valence-corrected chi connectivity index (χ4v) is 1.04. The van der Waals surface area contributed by atoms with Crippen molar-refractivity contribution in [1.29, 1.82) is 0 Å². The number of hydrogen-bond donors (Lipinski definition) is 0. The Labute approximate surface area is 85.8 Å². The molecule has 13 heavy (non-hydrogen) atoms. The van der Waals surface area contributed by atoms with E-state index in [1.54, 1.807) is 7.11 Å². The van der Waals surface area contributed by atoms with Crippen LogP contribution in [0.5, 0.6) is 0 Å². The first-order valence-corrected chi connectivity index (χ1v) is 5.14. The zero-order valence-corrected chi connectivity index (χ0v) is 9.37. The predicted octanol–water partition coefficient (Wildman–Crippen LogP) is 2.10. The molecule has 1 rings (SSSR count). The largest absolute Gasteiger partial charge is 0.424 e. The van der Waals surface area contributed by atoms with Crippen LogP contribution in [0.15, 0.2) is 4.42 Å². The molecule has 0 fully saturated rings. The number of aromatic nitrogens is 2. The maximum absolute atomic E-state index is 5.39. The predicted molar refractivity (Wildman–Crippen MR) is 51.8 cm³/mol. The number of hydrogen-bond acceptors (Lipinski definition) is 4. The van der Waals surface area contributed by atoms with E-state index in [0.717, 1.165) is 6.42 Å². The third-order valence-electron chi connectivity index (χ3n) is 1.63. The van der Waals surface area contributed by atoms with Gasteiger partial charge in [0.15, 0.2) is 0 Å². The second-order valence-corrected chi connectivity index (χ2v) is 3.76. The van der Waals surface area contributed by atoms with Gasteiger partial charge in [0.25, 0.3) is 0 Å². The minimum atomic E-state index is 0.163. The molecule has 0 bridgehead atoms. The second kappa shape index (κ2) is 5.34. The summed E-state index contributed by atoms with van der Waals surface area (Å²) < 4.78 is 10.3. The van der Waals surface area contributed by atoms with E-state index in [-0.39, 0.29) is 4.83 Å². The minimum absolute atomic E-state index is 0.163. The summed E-state index contributed by atoms with van der Waals surface area (Å²) in [6.45, 7) is 2.67. The number of alkyl halides is 1. The van der Waals surface area contributed by atoms with E-state index in [2.05, 4.69) is 33.1 Å². The summed E-state index contributed by atoms with van der Waals surface area (Å²) in [6, 6.07) is 0. The summed E-state index contributed by atoms with van der Waals surface area (Å²) in [5.74, 6) is 1.28. The summed E-state index contributed by atoms with van der Waals surface area (Å²) in [6.07, 6.45) is 1.61. The molecule has 1 aromatic heterocycles. The van der Waals surface area contributed by atoms with Gasteiger partial charge in [0.2, 0.25) is 11.8 Å². The number of rotatable bonds is 5. The lowest BCUT2D eigenvalue weighted by molar-refractivity contribution is 0.194. The van der Waals surface area contributed by atoms with Crippen molar-refractivity contribution in [3.8, 4) is 0 Å². The Morgan fingerprint density at radius 3 is 2.92 bits per heavy atom. The monoisotopic (exact) mass is 248 g/mol. The summed E-state index contributed by atoms with van der Waals surface area (Å²) >= 11 is 3.44. The van der Waals surface area contributed by atoms with Gasteiger partial charge < -0.3 is 9.15 Å². The van der Waals surface area contributed by atoms with E-state index < -0.39 is 0 Å². The lowest BCUT2D eigenvalue weighted by Crippen LogP contribution is -1.93. The Kier molecular flexibility index (Phi) is 4.38.